The molecule has 9 heteroatoms. The molecule has 2 N–H and O–H groups in total. The highest BCUT2D eigenvalue weighted by atomic mass is 32.2. The van der Waals surface area contributed by atoms with E-state index in [0.29, 0.717) is 25.4 Å². The van der Waals surface area contributed by atoms with Gasteiger partial charge in [0.25, 0.3) is 10.0 Å². The fourth-order valence-electron chi connectivity index (χ4n) is 4.64. The van der Waals surface area contributed by atoms with Crippen molar-refractivity contribution in [3.8, 4) is 23.0 Å². The Kier molecular flexibility index (Phi) is 10.7. The monoisotopic (exact) mass is 566 g/mol. The lowest BCUT2D eigenvalue weighted by atomic mass is 9.96. The molecule has 0 radical (unpaired) electrons. The molecule has 0 saturated heterocycles. The molecular weight excluding hydrogens is 528 g/mol. The van der Waals surface area contributed by atoms with Crippen LogP contribution in [-0.2, 0) is 16.4 Å². The molecule has 0 atom stereocenters. The number of aryl methyl sites for hydroxylation is 1. The fourth-order valence-corrected chi connectivity index (χ4v) is 5.55. The van der Waals surface area contributed by atoms with Gasteiger partial charge in [0.15, 0.2) is 0 Å². The average Bonchev–Trinajstić information content (AvgIpc) is 2.95. The number of nitrogens with one attached hydrogen (secondary N) is 2. The summed E-state index contributed by atoms with van der Waals surface area (Å²) in [6.45, 7) is 3.01. The fraction of sp³-hybridized carbons (Fsp3) is 0.387. The number of hydrogen-bond donors (Lipinski definition) is 2. The van der Waals surface area contributed by atoms with Gasteiger partial charge in [-0.3, -0.25) is 0 Å². The number of para-hydroxylation sites is 1. The van der Waals surface area contributed by atoms with Gasteiger partial charge in [-0.2, -0.15) is 0 Å². The van der Waals surface area contributed by atoms with Crippen molar-refractivity contribution in [3.63, 3.8) is 0 Å². The molecule has 1 aliphatic rings. The highest BCUT2D eigenvalue weighted by Gasteiger charge is 2.21. The summed E-state index contributed by atoms with van der Waals surface area (Å²) in [5.74, 6) is 2.94. The summed E-state index contributed by atoms with van der Waals surface area (Å²) in [7, 11) is -3.96. The van der Waals surface area contributed by atoms with Gasteiger partial charge in [0.2, 0.25) is 0 Å². The topological polar surface area (TPSA) is 103 Å². The first kappa shape index (κ1) is 29.3. The van der Waals surface area contributed by atoms with E-state index in [-0.39, 0.29) is 10.9 Å². The number of hydrogen-bond acceptors (Lipinski definition) is 6. The number of sulfonamides is 1. The Labute approximate surface area is 237 Å². The van der Waals surface area contributed by atoms with E-state index in [2.05, 4.69) is 17.0 Å². The minimum absolute atomic E-state index is 0.00474. The van der Waals surface area contributed by atoms with Crippen LogP contribution in [-0.4, -0.2) is 33.7 Å². The Hall–Kier alpha value is -3.72. The van der Waals surface area contributed by atoms with Crippen molar-refractivity contribution < 1.29 is 27.4 Å². The van der Waals surface area contributed by atoms with Gasteiger partial charge in [-0.15, -0.1) is 0 Å². The summed E-state index contributed by atoms with van der Waals surface area (Å²) in [6, 6.07) is 20.9. The van der Waals surface area contributed by atoms with Gasteiger partial charge in [0, 0.05) is 12.5 Å². The molecule has 3 aromatic carbocycles. The van der Waals surface area contributed by atoms with Crippen molar-refractivity contribution in [3.05, 3.63) is 78.4 Å². The van der Waals surface area contributed by atoms with Crippen LogP contribution in [0.3, 0.4) is 0 Å². The molecule has 214 valence electrons. The number of rotatable bonds is 13. The first-order valence-electron chi connectivity index (χ1n) is 14.0. The number of amides is 2. The molecule has 1 aliphatic carbocycles. The van der Waals surface area contributed by atoms with Crippen LogP contribution in [0, 0.1) is 0 Å². The van der Waals surface area contributed by atoms with Crippen molar-refractivity contribution in [1.29, 1.82) is 0 Å². The largest absolute Gasteiger partial charge is 0.493 e. The van der Waals surface area contributed by atoms with Gasteiger partial charge in [-0.05, 0) is 79.4 Å². The van der Waals surface area contributed by atoms with E-state index >= 15 is 0 Å². The minimum Gasteiger partial charge on any atom is -0.493 e. The maximum Gasteiger partial charge on any atom is 0.328 e. The maximum absolute atomic E-state index is 12.6. The van der Waals surface area contributed by atoms with Crippen LogP contribution >= 0.6 is 0 Å². The number of carbonyl (C=O) groups is 1. The van der Waals surface area contributed by atoms with Crippen LogP contribution in [0.5, 0.6) is 23.0 Å². The second-order valence-corrected chi connectivity index (χ2v) is 11.6. The molecule has 2 amide bonds. The van der Waals surface area contributed by atoms with Crippen LogP contribution in [0.4, 0.5) is 4.79 Å². The van der Waals surface area contributed by atoms with Gasteiger partial charge in [0.05, 0.1) is 18.1 Å². The second-order valence-electron chi connectivity index (χ2n) is 9.87. The third-order valence-corrected chi connectivity index (χ3v) is 7.99. The predicted octanol–water partition coefficient (Wildman–Crippen LogP) is 6.60. The Morgan fingerprint density at radius 2 is 1.55 bits per heavy atom. The molecule has 3 aromatic rings. The lowest BCUT2D eigenvalue weighted by Gasteiger charge is -2.22. The zero-order valence-corrected chi connectivity index (χ0v) is 23.8. The summed E-state index contributed by atoms with van der Waals surface area (Å²) in [4.78, 5) is 12.2. The SMILES string of the molecule is CCCc1cc(Oc2ccccc2)ccc1OCCCOc1ccc(S(=O)(=O)NC(=O)NC2CCCCC2)cc1. The molecule has 8 nitrogen and oxygen atoms in total. The summed E-state index contributed by atoms with van der Waals surface area (Å²) >= 11 is 0. The summed E-state index contributed by atoms with van der Waals surface area (Å²) < 4.78 is 45.0. The van der Waals surface area contributed by atoms with Crippen LogP contribution in [0.1, 0.15) is 57.4 Å². The quantitative estimate of drug-likeness (QED) is 0.226. The Morgan fingerprint density at radius 1 is 0.850 bits per heavy atom. The van der Waals surface area contributed by atoms with Gasteiger partial charge in [-0.1, -0.05) is 50.8 Å². The van der Waals surface area contributed by atoms with E-state index in [1.165, 1.54) is 12.1 Å². The maximum atomic E-state index is 12.6. The average molecular weight is 567 g/mol. The normalized spacial score (nSPS) is 13.8. The van der Waals surface area contributed by atoms with Crippen LogP contribution < -0.4 is 24.2 Å². The number of urea groups is 1. The van der Waals surface area contributed by atoms with E-state index in [9.17, 15) is 13.2 Å². The first-order chi connectivity index (χ1) is 19.4. The molecule has 0 unspecified atom stereocenters. The zero-order valence-electron chi connectivity index (χ0n) is 22.9. The molecule has 0 aromatic heterocycles. The molecule has 1 fully saturated rings. The van der Waals surface area contributed by atoms with Crippen LogP contribution in [0.25, 0.3) is 0 Å². The molecule has 0 heterocycles. The number of ether oxygens (including phenoxy) is 3. The zero-order chi connectivity index (χ0) is 28.2. The Balaban J connectivity index is 1.21. The number of carbonyl (C=O) groups excluding carboxylic acids is 1. The van der Waals surface area contributed by atoms with Gasteiger partial charge in [-0.25, -0.2) is 17.9 Å². The third kappa shape index (κ3) is 8.91. The summed E-state index contributed by atoms with van der Waals surface area (Å²) in [6.07, 6.45) is 7.51. The standard InChI is InChI=1S/C31H38N2O6S/c1-2-10-24-23-28(39-27-13-7-4-8-14-27)17-20-30(24)38-22-9-21-37-26-15-18-29(19-16-26)40(35,36)33-31(34)32-25-11-5-3-6-12-25/h4,7-8,13-20,23,25H,2-3,5-6,9-12,21-22H2,1H3,(H2,32,33,34). The van der Waals surface area contributed by atoms with Crippen LogP contribution in [0.2, 0.25) is 0 Å². The van der Waals surface area contributed by atoms with Crippen molar-refractivity contribution in [2.24, 2.45) is 0 Å². The van der Waals surface area contributed by atoms with Crippen molar-refractivity contribution in [2.75, 3.05) is 13.2 Å². The minimum atomic E-state index is -3.96. The molecule has 0 bridgehead atoms. The summed E-state index contributed by atoms with van der Waals surface area (Å²) in [5, 5.41) is 2.76. The Bertz CT molecular complexity index is 1320. The van der Waals surface area contributed by atoms with E-state index in [0.717, 1.165) is 67.8 Å². The second kappa shape index (κ2) is 14.6. The lowest BCUT2D eigenvalue weighted by Crippen LogP contribution is -2.45. The number of benzene rings is 3. The summed E-state index contributed by atoms with van der Waals surface area (Å²) in [5.41, 5.74) is 1.09. The molecule has 0 spiro atoms. The van der Waals surface area contributed by atoms with Gasteiger partial charge < -0.3 is 19.5 Å². The lowest BCUT2D eigenvalue weighted by molar-refractivity contribution is 0.237. The highest BCUT2D eigenvalue weighted by Crippen LogP contribution is 2.29. The molecule has 0 aliphatic heterocycles. The first-order valence-corrected chi connectivity index (χ1v) is 15.5. The van der Waals surface area contributed by atoms with E-state index in [4.69, 9.17) is 14.2 Å². The molecule has 4 rings (SSSR count). The predicted molar refractivity (Wildman–Crippen MR) is 155 cm³/mol. The van der Waals surface area contributed by atoms with Crippen molar-refractivity contribution in [2.45, 2.75) is 69.2 Å². The van der Waals surface area contributed by atoms with E-state index < -0.39 is 16.1 Å². The van der Waals surface area contributed by atoms with Gasteiger partial charge >= 0.3 is 6.03 Å². The van der Waals surface area contributed by atoms with E-state index in [1.807, 2.05) is 48.5 Å². The molecule has 1 saturated carbocycles. The third-order valence-electron chi connectivity index (χ3n) is 6.65. The smallest absolute Gasteiger partial charge is 0.328 e. The Morgan fingerprint density at radius 3 is 2.27 bits per heavy atom. The van der Waals surface area contributed by atoms with E-state index in [1.54, 1.807) is 12.1 Å². The molecular formula is C31H38N2O6S. The van der Waals surface area contributed by atoms with Crippen LogP contribution in [0.15, 0.2) is 77.7 Å². The van der Waals surface area contributed by atoms with Crippen molar-refractivity contribution in [1.82, 2.24) is 10.0 Å². The highest BCUT2D eigenvalue weighted by molar-refractivity contribution is 7.90. The van der Waals surface area contributed by atoms with Gasteiger partial charge in [0.1, 0.15) is 23.0 Å². The molecule has 40 heavy (non-hydrogen) atoms. The van der Waals surface area contributed by atoms with Crippen molar-refractivity contribution >= 4 is 16.1 Å².